The van der Waals surface area contributed by atoms with Crippen molar-refractivity contribution in [2.45, 2.75) is 10.8 Å². The van der Waals surface area contributed by atoms with E-state index < -0.39 is 11.6 Å². The van der Waals surface area contributed by atoms with Crippen molar-refractivity contribution in [3.8, 4) is 33.6 Å². The van der Waals surface area contributed by atoms with Crippen LogP contribution in [0.1, 0.15) is 11.3 Å². The Morgan fingerprint density at radius 2 is 2.00 bits per heavy atom. The lowest BCUT2D eigenvalue weighted by Crippen LogP contribution is -2.03. The van der Waals surface area contributed by atoms with Crippen LogP contribution in [0.4, 0.5) is 20.3 Å². The molecule has 0 radical (unpaired) electrons. The Morgan fingerprint density at radius 1 is 1.19 bits per heavy atom. The van der Waals surface area contributed by atoms with E-state index in [0.717, 1.165) is 12.1 Å². The topological polar surface area (TPSA) is 122 Å². The number of nitrogen functional groups attached to an aromatic ring is 1. The molecule has 180 valence electrons. The molecule has 4 rings (SSSR count). The summed E-state index contributed by atoms with van der Waals surface area (Å²) in [5.74, 6) is -1.30. The number of rotatable bonds is 8. The molecule has 0 aliphatic heterocycles. The maximum atomic E-state index is 13.6. The molecule has 8 nitrogen and oxygen atoms in total. The Balaban J connectivity index is 1.63. The van der Waals surface area contributed by atoms with E-state index in [1.807, 2.05) is 0 Å². The van der Waals surface area contributed by atoms with Crippen molar-refractivity contribution in [1.82, 2.24) is 15.0 Å². The van der Waals surface area contributed by atoms with Gasteiger partial charge in [0.1, 0.15) is 28.5 Å². The van der Waals surface area contributed by atoms with E-state index in [0.29, 0.717) is 38.2 Å². The van der Waals surface area contributed by atoms with Crippen molar-refractivity contribution in [2.24, 2.45) is 0 Å². The first-order valence-corrected chi connectivity index (χ1v) is 12.2. The molecule has 0 atom stereocenters. The predicted molar refractivity (Wildman–Crippen MR) is 132 cm³/mol. The fourth-order valence-electron chi connectivity index (χ4n) is 3.22. The lowest BCUT2D eigenvalue weighted by Gasteiger charge is -2.13. The second kappa shape index (κ2) is 11.1. The van der Waals surface area contributed by atoms with Crippen molar-refractivity contribution >= 4 is 34.6 Å². The number of pyridine rings is 2. The quantitative estimate of drug-likeness (QED) is 0.239. The van der Waals surface area contributed by atoms with Gasteiger partial charge in [-0.05, 0) is 29.8 Å². The average Bonchev–Trinajstić information content (AvgIpc) is 3.37. The summed E-state index contributed by atoms with van der Waals surface area (Å²) in [5.41, 5.74) is 8.17. The molecule has 0 aliphatic carbocycles. The van der Waals surface area contributed by atoms with Gasteiger partial charge in [0.2, 0.25) is 11.6 Å². The van der Waals surface area contributed by atoms with E-state index >= 15 is 0 Å². The van der Waals surface area contributed by atoms with Crippen molar-refractivity contribution in [1.29, 1.82) is 5.26 Å². The number of aromatic nitrogens is 3. The van der Waals surface area contributed by atoms with Crippen LogP contribution in [-0.4, -0.2) is 33.3 Å². The van der Waals surface area contributed by atoms with E-state index in [1.54, 1.807) is 17.5 Å². The minimum Gasteiger partial charge on any atom is -0.475 e. The minimum atomic E-state index is -0.952. The summed E-state index contributed by atoms with van der Waals surface area (Å²) in [6.07, 6.45) is 1.46. The average molecular weight is 523 g/mol. The van der Waals surface area contributed by atoms with Crippen LogP contribution in [0, 0.1) is 29.5 Å². The Kier molecular flexibility index (Phi) is 7.71. The SMILES string of the molecule is [C-]#[N+]c1c(N)nc(SCc2csc(-c3ccc(F)c(F)c3)n2)c(C#N)c1-c1ccc(OCCO)nc1. The molecule has 36 heavy (non-hydrogen) atoms. The van der Waals surface area contributed by atoms with Crippen molar-refractivity contribution in [3.63, 3.8) is 0 Å². The number of hydrogen-bond acceptors (Lipinski definition) is 9. The largest absolute Gasteiger partial charge is 0.475 e. The summed E-state index contributed by atoms with van der Waals surface area (Å²) in [6, 6.07) is 8.93. The summed E-state index contributed by atoms with van der Waals surface area (Å²) in [4.78, 5) is 16.4. The third-order valence-electron chi connectivity index (χ3n) is 4.83. The predicted octanol–water partition coefficient (Wildman–Crippen LogP) is 5.21. The Labute approximate surface area is 212 Å². The number of halogens is 2. The molecule has 3 heterocycles. The molecule has 0 fully saturated rings. The van der Waals surface area contributed by atoms with Gasteiger partial charge in [-0.25, -0.2) is 28.6 Å². The second-order valence-corrected chi connectivity index (χ2v) is 8.97. The van der Waals surface area contributed by atoms with Gasteiger partial charge < -0.3 is 15.6 Å². The van der Waals surface area contributed by atoms with Gasteiger partial charge in [0.05, 0.1) is 24.4 Å². The summed E-state index contributed by atoms with van der Waals surface area (Å²) >= 11 is 2.50. The maximum absolute atomic E-state index is 13.6. The zero-order valence-corrected chi connectivity index (χ0v) is 20.0. The summed E-state index contributed by atoms with van der Waals surface area (Å²) < 4.78 is 32.1. The summed E-state index contributed by atoms with van der Waals surface area (Å²) in [5, 5.41) is 21.5. The molecule has 3 aromatic heterocycles. The van der Waals surface area contributed by atoms with Crippen LogP contribution in [0.15, 0.2) is 46.9 Å². The highest BCUT2D eigenvalue weighted by atomic mass is 32.2. The molecule has 0 unspecified atom stereocenters. The minimum absolute atomic E-state index is 0.0251. The number of aliphatic hydroxyl groups is 1. The van der Waals surface area contributed by atoms with Gasteiger partial charge in [-0.2, -0.15) is 5.26 Å². The van der Waals surface area contributed by atoms with Gasteiger partial charge in [-0.15, -0.1) is 11.3 Å². The van der Waals surface area contributed by atoms with Gasteiger partial charge in [0.15, 0.2) is 11.6 Å². The highest BCUT2D eigenvalue weighted by Crippen LogP contribution is 2.42. The molecular weight excluding hydrogens is 506 g/mol. The number of nitriles is 1. The molecule has 0 amide bonds. The Bertz CT molecular complexity index is 1500. The third-order valence-corrected chi connectivity index (χ3v) is 6.78. The van der Waals surface area contributed by atoms with Crippen LogP contribution in [0.25, 0.3) is 26.5 Å². The van der Waals surface area contributed by atoms with E-state index in [9.17, 15) is 14.0 Å². The molecule has 0 spiro atoms. The molecule has 0 aliphatic rings. The first-order chi connectivity index (χ1) is 17.4. The maximum Gasteiger partial charge on any atom is 0.237 e. The van der Waals surface area contributed by atoms with E-state index in [1.165, 1.54) is 35.4 Å². The number of benzene rings is 1. The second-order valence-electron chi connectivity index (χ2n) is 7.14. The van der Waals surface area contributed by atoms with Gasteiger partial charge in [-0.3, -0.25) is 0 Å². The van der Waals surface area contributed by atoms with Crippen LogP contribution in [0.5, 0.6) is 5.88 Å². The number of hydrogen-bond donors (Lipinski definition) is 2. The summed E-state index contributed by atoms with van der Waals surface area (Å²) in [7, 11) is 0. The number of aliphatic hydroxyl groups excluding tert-OH is 1. The van der Waals surface area contributed by atoms with Crippen molar-refractivity contribution < 1.29 is 18.6 Å². The van der Waals surface area contributed by atoms with Crippen molar-refractivity contribution in [2.75, 3.05) is 18.9 Å². The third kappa shape index (κ3) is 5.26. The highest BCUT2D eigenvalue weighted by molar-refractivity contribution is 7.98. The molecule has 0 saturated heterocycles. The van der Waals surface area contributed by atoms with Gasteiger partial charge in [0, 0.05) is 34.5 Å². The fourth-order valence-corrected chi connectivity index (χ4v) is 5.02. The fraction of sp³-hybridized carbons (Fsp3) is 0.125. The highest BCUT2D eigenvalue weighted by Gasteiger charge is 2.21. The molecule has 0 saturated carbocycles. The van der Waals surface area contributed by atoms with E-state index in [2.05, 4.69) is 25.9 Å². The smallest absolute Gasteiger partial charge is 0.237 e. The number of thiazole rings is 1. The molecule has 3 N–H and O–H groups in total. The van der Waals surface area contributed by atoms with Crippen LogP contribution >= 0.6 is 23.1 Å². The molecule has 4 aromatic rings. The lowest BCUT2D eigenvalue weighted by molar-refractivity contribution is 0.196. The van der Waals surface area contributed by atoms with Crippen LogP contribution in [0.2, 0.25) is 0 Å². The zero-order chi connectivity index (χ0) is 25.7. The van der Waals surface area contributed by atoms with Crippen LogP contribution in [0.3, 0.4) is 0 Å². The first-order valence-electron chi connectivity index (χ1n) is 10.3. The Hall–Kier alpha value is -4.10. The number of ether oxygens (including phenoxy) is 1. The zero-order valence-electron chi connectivity index (χ0n) is 18.4. The number of nitrogens with zero attached hydrogens (tertiary/aromatic N) is 5. The van der Waals surface area contributed by atoms with Crippen molar-refractivity contribution in [3.05, 3.63) is 76.2 Å². The number of nitrogens with two attached hydrogens (primary N) is 1. The van der Waals surface area contributed by atoms with Gasteiger partial charge in [-0.1, -0.05) is 11.8 Å². The van der Waals surface area contributed by atoms with Crippen LogP contribution in [-0.2, 0) is 5.75 Å². The Morgan fingerprint density at radius 3 is 2.67 bits per heavy atom. The van der Waals surface area contributed by atoms with E-state index in [-0.39, 0.29) is 36.2 Å². The lowest BCUT2D eigenvalue weighted by atomic mass is 10.0. The van der Waals surface area contributed by atoms with Crippen LogP contribution < -0.4 is 10.5 Å². The monoisotopic (exact) mass is 522 g/mol. The van der Waals surface area contributed by atoms with Gasteiger partial charge in [0.25, 0.3) is 0 Å². The molecule has 1 aromatic carbocycles. The summed E-state index contributed by atoms with van der Waals surface area (Å²) in [6.45, 7) is 7.48. The molecular formula is C24H16F2N6O2S2. The number of anilines is 1. The molecule has 12 heteroatoms. The molecule has 0 bridgehead atoms. The number of thioether (sulfide) groups is 1. The van der Waals surface area contributed by atoms with E-state index in [4.69, 9.17) is 22.1 Å². The standard InChI is InChI=1S/C24H16F2N6O2S2/c1-29-21-20(14-3-5-19(30-10-14)34-7-6-33)16(9-27)24(32-22(21)28)36-12-15-11-35-23(31-15)13-2-4-17(25)18(26)8-13/h2-5,8,10-11,33H,6-7,12H2,(H2,28,32). The van der Waals surface area contributed by atoms with Gasteiger partial charge >= 0.3 is 0 Å². The first kappa shape index (κ1) is 25.0. The normalized spacial score (nSPS) is 10.6.